The molecule has 0 bridgehead atoms. The lowest BCUT2D eigenvalue weighted by atomic mass is 9.44. The van der Waals surface area contributed by atoms with E-state index in [1.54, 1.807) is 11.8 Å². The minimum atomic E-state index is -0.159. The first-order chi connectivity index (χ1) is 14.8. The lowest BCUT2D eigenvalue weighted by molar-refractivity contribution is -0.117. The zero-order chi connectivity index (χ0) is 21.8. The van der Waals surface area contributed by atoms with Crippen molar-refractivity contribution in [1.82, 2.24) is 0 Å². The lowest BCUT2D eigenvalue weighted by Crippen LogP contribution is -2.54. The van der Waals surface area contributed by atoms with E-state index in [0.29, 0.717) is 22.0 Å². The summed E-state index contributed by atoms with van der Waals surface area (Å²) in [4.78, 5) is 12.8. The Morgan fingerprint density at radius 1 is 0.968 bits per heavy atom. The van der Waals surface area contributed by atoms with Gasteiger partial charge < -0.3 is 5.11 Å². The van der Waals surface area contributed by atoms with Gasteiger partial charge in [0.1, 0.15) is 0 Å². The number of thioether (sulfide) groups is 1. The molecule has 0 spiro atoms. The summed E-state index contributed by atoms with van der Waals surface area (Å²) in [6.07, 6.45) is 11.5. The van der Waals surface area contributed by atoms with Crippen molar-refractivity contribution in [3.8, 4) is 0 Å². The first kappa shape index (κ1) is 22.0. The van der Waals surface area contributed by atoms with E-state index >= 15 is 0 Å². The molecular formula is C28H40O2S. The van der Waals surface area contributed by atoms with Crippen LogP contribution in [0.25, 0.3) is 0 Å². The van der Waals surface area contributed by atoms with E-state index in [0.717, 1.165) is 29.2 Å². The third-order valence-corrected chi connectivity index (χ3v) is 11.8. The Morgan fingerprint density at radius 3 is 2.42 bits per heavy atom. The molecule has 170 valence electrons. The summed E-state index contributed by atoms with van der Waals surface area (Å²) in [5.41, 5.74) is 1.67. The normalized spacial score (nSPS) is 45.3. The van der Waals surface area contributed by atoms with Gasteiger partial charge >= 0.3 is 0 Å². The van der Waals surface area contributed by atoms with E-state index < -0.39 is 0 Å². The number of carbonyl (C=O) groups is 1. The van der Waals surface area contributed by atoms with Crippen molar-refractivity contribution in [3.05, 3.63) is 35.9 Å². The minimum Gasteiger partial charge on any atom is -0.393 e. The number of fused-ring (bicyclic) bond motifs is 5. The molecule has 9 unspecified atom stereocenters. The van der Waals surface area contributed by atoms with Gasteiger partial charge in [-0.1, -0.05) is 55.9 Å². The fourth-order valence-electron chi connectivity index (χ4n) is 8.95. The predicted molar refractivity (Wildman–Crippen MR) is 129 cm³/mol. The van der Waals surface area contributed by atoms with Gasteiger partial charge in [0.15, 0.2) is 0 Å². The van der Waals surface area contributed by atoms with Crippen LogP contribution in [0, 0.1) is 40.4 Å². The second-order valence-electron chi connectivity index (χ2n) is 11.8. The number of hydrogen-bond donors (Lipinski definition) is 1. The van der Waals surface area contributed by atoms with Gasteiger partial charge in [0.05, 0.1) is 6.10 Å². The van der Waals surface area contributed by atoms with Crippen LogP contribution in [0.4, 0.5) is 0 Å². The topological polar surface area (TPSA) is 37.3 Å². The molecule has 1 aromatic carbocycles. The molecule has 5 rings (SSSR count). The minimum absolute atomic E-state index is 0.159. The average molecular weight is 441 g/mol. The molecule has 3 heteroatoms. The van der Waals surface area contributed by atoms with E-state index in [1.807, 2.05) is 37.3 Å². The summed E-state index contributed by atoms with van der Waals surface area (Å²) in [6, 6.07) is 9.82. The molecule has 0 saturated heterocycles. The SMILES string of the molecule is CC(O)C1CCC2C3CCC4CC(SC(=O)c5ccccc5)CCC4(C)C3CCC12C. The Hall–Kier alpha value is -0.800. The third kappa shape index (κ3) is 3.62. The van der Waals surface area contributed by atoms with Crippen molar-refractivity contribution in [2.45, 2.75) is 89.9 Å². The maximum Gasteiger partial charge on any atom is 0.219 e. The van der Waals surface area contributed by atoms with Crippen molar-refractivity contribution < 1.29 is 9.90 Å². The van der Waals surface area contributed by atoms with Crippen molar-refractivity contribution in [2.75, 3.05) is 0 Å². The van der Waals surface area contributed by atoms with Gasteiger partial charge in [-0.05, 0) is 105 Å². The summed E-state index contributed by atoms with van der Waals surface area (Å²) in [5.74, 6) is 3.81. The first-order valence-corrected chi connectivity index (χ1v) is 13.6. The van der Waals surface area contributed by atoms with E-state index in [9.17, 15) is 9.90 Å². The summed E-state index contributed by atoms with van der Waals surface area (Å²) >= 11 is 1.61. The molecular weight excluding hydrogens is 400 g/mol. The molecule has 2 nitrogen and oxygen atoms in total. The Balaban J connectivity index is 1.28. The molecule has 0 aromatic heterocycles. The lowest BCUT2D eigenvalue weighted by Gasteiger charge is -2.61. The predicted octanol–water partition coefficient (Wildman–Crippen LogP) is 6.97. The van der Waals surface area contributed by atoms with Crippen LogP contribution in [-0.4, -0.2) is 21.6 Å². The number of rotatable bonds is 3. The van der Waals surface area contributed by atoms with Crippen LogP contribution >= 0.6 is 11.8 Å². The number of aliphatic hydroxyl groups excluding tert-OH is 1. The molecule has 4 saturated carbocycles. The molecule has 0 amide bonds. The average Bonchev–Trinajstić information content (AvgIpc) is 3.12. The third-order valence-electron chi connectivity index (χ3n) is 10.6. The van der Waals surface area contributed by atoms with Crippen molar-refractivity contribution in [2.24, 2.45) is 40.4 Å². The molecule has 1 aromatic rings. The van der Waals surface area contributed by atoms with Crippen LogP contribution in [0.15, 0.2) is 30.3 Å². The first-order valence-electron chi connectivity index (χ1n) is 12.8. The zero-order valence-electron chi connectivity index (χ0n) is 19.6. The van der Waals surface area contributed by atoms with Crippen LogP contribution in [0.5, 0.6) is 0 Å². The molecule has 4 aliphatic rings. The zero-order valence-corrected chi connectivity index (χ0v) is 20.4. The smallest absolute Gasteiger partial charge is 0.219 e. The van der Waals surface area contributed by atoms with Crippen LogP contribution in [0.1, 0.15) is 88.9 Å². The second-order valence-corrected chi connectivity index (χ2v) is 13.1. The number of benzene rings is 1. The summed E-state index contributed by atoms with van der Waals surface area (Å²) in [5, 5.41) is 11.2. The maximum atomic E-state index is 12.8. The fourth-order valence-corrected chi connectivity index (χ4v) is 10.1. The molecule has 0 aliphatic heterocycles. The van der Waals surface area contributed by atoms with Gasteiger partial charge in [0.25, 0.3) is 0 Å². The summed E-state index contributed by atoms with van der Waals surface area (Å²) < 4.78 is 0. The highest BCUT2D eigenvalue weighted by molar-refractivity contribution is 8.14. The summed E-state index contributed by atoms with van der Waals surface area (Å²) in [6.45, 7) is 7.14. The standard InChI is InChI=1S/C28H40O2S/c1-18(29)23-11-12-24-22-10-9-20-17-21(31-26(30)19-7-5-4-6-8-19)13-15-27(20,2)25(22)14-16-28(23,24)3/h4-8,18,20-25,29H,9-17H2,1-3H3. The van der Waals surface area contributed by atoms with Crippen LogP contribution in [0.3, 0.4) is 0 Å². The largest absolute Gasteiger partial charge is 0.393 e. The monoisotopic (exact) mass is 440 g/mol. The van der Waals surface area contributed by atoms with E-state index in [1.165, 1.54) is 57.8 Å². The highest BCUT2D eigenvalue weighted by Gasteiger charge is 2.60. The molecule has 9 atom stereocenters. The Morgan fingerprint density at radius 2 is 1.68 bits per heavy atom. The van der Waals surface area contributed by atoms with Gasteiger partial charge in [-0.3, -0.25) is 4.79 Å². The molecule has 4 fully saturated rings. The Bertz CT molecular complexity index is 806. The Labute approximate surface area is 193 Å². The fraction of sp³-hybridized carbons (Fsp3) is 0.750. The van der Waals surface area contributed by atoms with Gasteiger partial charge in [-0.25, -0.2) is 0 Å². The number of hydrogen-bond acceptors (Lipinski definition) is 3. The quantitative estimate of drug-likeness (QED) is 0.551. The maximum absolute atomic E-state index is 12.8. The van der Waals surface area contributed by atoms with Gasteiger partial charge in [0, 0.05) is 10.8 Å². The highest BCUT2D eigenvalue weighted by atomic mass is 32.2. The molecule has 1 N–H and O–H groups in total. The van der Waals surface area contributed by atoms with Gasteiger partial charge in [-0.2, -0.15) is 0 Å². The van der Waals surface area contributed by atoms with Crippen LogP contribution < -0.4 is 0 Å². The molecule has 4 aliphatic carbocycles. The Kier molecular flexibility index (Phi) is 5.83. The highest BCUT2D eigenvalue weighted by Crippen LogP contribution is 2.68. The summed E-state index contributed by atoms with van der Waals surface area (Å²) in [7, 11) is 0. The number of carbonyl (C=O) groups excluding carboxylic acids is 1. The van der Waals surface area contributed by atoms with Gasteiger partial charge in [-0.15, -0.1) is 0 Å². The number of aliphatic hydroxyl groups is 1. The molecule has 31 heavy (non-hydrogen) atoms. The van der Waals surface area contributed by atoms with Crippen LogP contribution in [0.2, 0.25) is 0 Å². The molecule has 0 heterocycles. The van der Waals surface area contributed by atoms with E-state index in [4.69, 9.17) is 0 Å². The van der Waals surface area contributed by atoms with Crippen LogP contribution in [-0.2, 0) is 0 Å². The van der Waals surface area contributed by atoms with Crippen molar-refractivity contribution in [1.29, 1.82) is 0 Å². The van der Waals surface area contributed by atoms with Crippen molar-refractivity contribution >= 4 is 16.9 Å². The van der Waals surface area contributed by atoms with Gasteiger partial charge in [0.2, 0.25) is 5.12 Å². The molecule has 0 radical (unpaired) electrons. The van der Waals surface area contributed by atoms with E-state index in [2.05, 4.69) is 13.8 Å². The van der Waals surface area contributed by atoms with Crippen molar-refractivity contribution in [3.63, 3.8) is 0 Å². The van der Waals surface area contributed by atoms with E-state index in [-0.39, 0.29) is 11.2 Å². The second kappa shape index (κ2) is 8.20.